The van der Waals surface area contributed by atoms with Gasteiger partial charge in [-0.2, -0.15) is 8.42 Å². The molecular formula is C36H73NO5S. The molecule has 0 rings (SSSR count). The van der Waals surface area contributed by atoms with Crippen molar-refractivity contribution in [1.82, 2.24) is 0 Å². The van der Waals surface area contributed by atoms with Crippen LogP contribution in [0.2, 0.25) is 0 Å². The fourth-order valence-electron chi connectivity index (χ4n) is 4.95. The van der Waals surface area contributed by atoms with Crippen LogP contribution in [0.3, 0.4) is 0 Å². The molecule has 43 heavy (non-hydrogen) atoms. The monoisotopic (exact) mass is 632 g/mol. The van der Waals surface area contributed by atoms with E-state index in [-0.39, 0.29) is 11.7 Å². The highest BCUT2D eigenvalue weighted by Crippen LogP contribution is 2.13. The third-order valence-electron chi connectivity index (χ3n) is 7.94. The van der Waals surface area contributed by atoms with E-state index in [1.807, 2.05) is 0 Å². The van der Waals surface area contributed by atoms with Crippen LogP contribution in [-0.4, -0.2) is 37.3 Å². The second-order valence-corrected chi connectivity index (χ2v) is 14.0. The van der Waals surface area contributed by atoms with Gasteiger partial charge in [0.15, 0.2) is 0 Å². The molecular weight excluding hydrogens is 558 g/mol. The quantitative estimate of drug-likeness (QED) is 0.0341. The molecule has 0 saturated carbocycles. The molecule has 3 N–H and O–H groups in total. The molecule has 0 heterocycles. The van der Waals surface area contributed by atoms with E-state index < -0.39 is 16.2 Å². The summed E-state index contributed by atoms with van der Waals surface area (Å²) in [4.78, 5) is 12.0. The lowest BCUT2D eigenvalue weighted by molar-refractivity contribution is -0.145. The van der Waals surface area contributed by atoms with Crippen LogP contribution < -0.4 is 5.73 Å². The lowest BCUT2D eigenvalue weighted by Gasteiger charge is -2.11. The number of carbonyl (C=O) groups excluding carboxylic acids is 1. The Balaban J connectivity index is 0. The van der Waals surface area contributed by atoms with Gasteiger partial charge in [0.1, 0.15) is 6.04 Å². The van der Waals surface area contributed by atoms with Gasteiger partial charge < -0.3 is 10.5 Å². The summed E-state index contributed by atoms with van der Waals surface area (Å²) >= 11 is 0. The highest BCUT2D eigenvalue weighted by molar-refractivity contribution is 7.85. The molecule has 0 aromatic carbocycles. The van der Waals surface area contributed by atoms with E-state index in [1.165, 1.54) is 155 Å². The Morgan fingerprint density at radius 3 is 1.30 bits per heavy atom. The Kier molecular flexibility index (Phi) is 36.6. The largest absolute Gasteiger partial charge is 0.465 e. The van der Waals surface area contributed by atoms with E-state index in [1.54, 1.807) is 0 Å². The molecule has 258 valence electrons. The fourth-order valence-corrected chi connectivity index (χ4v) is 4.95. The summed E-state index contributed by atoms with van der Waals surface area (Å²) in [5.41, 5.74) is 6.01. The average molecular weight is 632 g/mol. The van der Waals surface area contributed by atoms with Crippen LogP contribution in [0.25, 0.3) is 0 Å². The van der Waals surface area contributed by atoms with Crippen LogP contribution in [-0.2, 0) is 19.6 Å². The first-order valence-corrected chi connectivity index (χ1v) is 19.9. The molecule has 0 saturated heterocycles. The van der Waals surface area contributed by atoms with Gasteiger partial charge in [0, 0.05) is 0 Å². The van der Waals surface area contributed by atoms with Crippen LogP contribution in [0, 0.1) is 0 Å². The summed E-state index contributed by atoms with van der Waals surface area (Å²) in [5.74, 6) is -0.399. The minimum Gasteiger partial charge on any atom is -0.465 e. The molecule has 0 radical (unpaired) electrons. The van der Waals surface area contributed by atoms with Gasteiger partial charge in [-0.25, -0.2) is 0 Å². The van der Waals surface area contributed by atoms with Crippen molar-refractivity contribution in [3.63, 3.8) is 0 Å². The number of unbranched alkanes of at least 4 members (excludes halogenated alkanes) is 23. The van der Waals surface area contributed by atoms with E-state index in [0.717, 1.165) is 25.7 Å². The van der Waals surface area contributed by atoms with Crippen molar-refractivity contribution in [2.45, 2.75) is 200 Å². The first kappa shape index (κ1) is 44.2. The predicted molar refractivity (Wildman–Crippen MR) is 186 cm³/mol. The Morgan fingerprint density at radius 2 is 0.930 bits per heavy atom. The van der Waals surface area contributed by atoms with Gasteiger partial charge in [-0.3, -0.25) is 9.35 Å². The summed E-state index contributed by atoms with van der Waals surface area (Å²) in [6.07, 6.45) is 39.6. The van der Waals surface area contributed by atoms with Crippen molar-refractivity contribution in [3.8, 4) is 0 Å². The molecule has 0 bridgehead atoms. The molecule has 0 aliphatic rings. The van der Waals surface area contributed by atoms with Crippen LogP contribution >= 0.6 is 0 Å². The average Bonchev–Trinajstić information content (AvgIpc) is 2.99. The molecule has 0 amide bonds. The number of carbonyl (C=O) groups is 1. The van der Waals surface area contributed by atoms with Crippen molar-refractivity contribution < 1.29 is 22.5 Å². The Labute approximate surface area is 268 Å². The van der Waals surface area contributed by atoms with Gasteiger partial charge in [0.25, 0.3) is 10.1 Å². The van der Waals surface area contributed by atoms with Crippen molar-refractivity contribution in [2.75, 3.05) is 12.4 Å². The van der Waals surface area contributed by atoms with Crippen molar-refractivity contribution >= 4 is 16.1 Å². The third kappa shape index (κ3) is 41.1. The van der Waals surface area contributed by atoms with E-state index >= 15 is 0 Å². The van der Waals surface area contributed by atoms with E-state index in [9.17, 15) is 13.2 Å². The van der Waals surface area contributed by atoms with Gasteiger partial charge in [0.05, 0.1) is 12.4 Å². The molecule has 0 spiro atoms. The highest BCUT2D eigenvalue weighted by atomic mass is 32.2. The number of hydrogen-bond acceptors (Lipinski definition) is 5. The van der Waals surface area contributed by atoms with Gasteiger partial charge in [0.2, 0.25) is 0 Å². The molecule has 1 unspecified atom stereocenters. The van der Waals surface area contributed by atoms with Crippen molar-refractivity contribution in [1.29, 1.82) is 0 Å². The topological polar surface area (TPSA) is 107 Å². The molecule has 0 aromatic heterocycles. The van der Waals surface area contributed by atoms with Gasteiger partial charge in [-0.1, -0.05) is 161 Å². The summed E-state index contributed by atoms with van der Waals surface area (Å²) in [7, 11) is -3.66. The Morgan fingerprint density at radius 1 is 0.605 bits per heavy atom. The summed E-state index contributed by atoms with van der Waals surface area (Å²) in [6, 6.07) is -0.429. The maximum atomic E-state index is 12.0. The lowest BCUT2D eigenvalue weighted by Crippen LogP contribution is -2.32. The minimum atomic E-state index is -3.66. The lowest BCUT2D eigenvalue weighted by atomic mass is 10.0. The van der Waals surface area contributed by atoms with Crippen molar-refractivity contribution in [3.05, 3.63) is 12.2 Å². The van der Waals surface area contributed by atoms with Crippen LogP contribution in [0.1, 0.15) is 194 Å². The number of hydrogen-bond donors (Lipinski definition) is 2. The van der Waals surface area contributed by atoms with E-state index in [4.69, 9.17) is 15.0 Å². The zero-order valence-electron chi connectivity index (χ0n) is 28.8. The van der Waals surface area contributed by atoms with Crippen LogP contribution in [0.5, 0.6) is 0 Å². The standard InChI is InChI=1S/C34H67NO2.C2H6O3S/c1-3-5-7-9-11-13-14-15-16-17-18-19-20-21-22-23-24-26-28-30-32-37-34(36)33(35)31-29-27-25-12-10-8-6-4-2;1-2-6(3,4)5/h15-16,33H,3-14,17-32,35H2,1-2H3;2H2,1H3,(H,3,4,5)/b16-15+;. The number of rotatable bonds is 31. The van der Waals surface area contributed by atoms with Crippen LogP contribution in [0.15, 0.2) is 12.2 Å². The first-order valence-electron chi connectivity index (χ1n) is 18.3. The van der Waals surface area contributed by atoms with E-state index in [0.29, 0.717) is 6.61 Å². The zero-order chi connectivity index (χ0) is 32.3. The molecule has 7 heteroatoms. The molecule has 0 fully saturated rings. The summed E-state index contributed by atoms with van der Waals surface area (Å²) in [6.45, 7) is 6.44. The SMILES string of the molecule is CCCCCCCC/C=C/CCCCCCCCCCCCOC(=O)C(N)CCCCCCCCCC.CCS(=O)(=O)O. The van der Waals surface area contributed by atoms with Crippen LogP contribution in [0.4, 0.5) is 0 Å². The number of nitrogens with two attached hydrogens (primary N) is 1. The summed E-state index contributed by atoms with van der Waals surface area (Å²) < 4.78 is 32.3. The third-order valence-corrected chi connectivity index (χ3v) is 8.67. The maximum absolute atomic E-state index is 12.0. The maximum Gasteiger partial charge on any atom is 0.322 e. The number of allylic oxidation sites excluding steroid dienone is 2. The normalized spacial score (nSPS) is 12.3. The van der Waals surface area contributed by atoms with Crippen molar-refractivity contribution in [2.24, 2.45) is 5.73 Å². The molecule has 1 atom stereocenters. The zero-order valence-corrected chi connectivity index (χ0v) is 29.6. The second-order valence-electron chi connectivity index (χ2n) is 12.3. The molecule has 0 aliphatic heterocycles. The molecule has 0 aliphatic carbocycles. The Bertz CT molecular complexity index is 696. The Hall–Kier alpha value is -0.920. The first-order chi connectivity index (χ1) is 20.8. The van der Waals surface area contributed by atoms with Gasteiger partial charge >= 0.3 is 5.97 Å². The number of esters is 1. The molecule has 6 nitrogen and oxygen atoms in total. The number of ether oxygens (including phenoxy) is 1. The van der Waals surface area contributed by atoms with Gasteiger partial charge in [-0.15, -0.1) is 0 Å². The second kappa shape index (κ2) is 35.6. The molecule has 0 aromatic rings. The highest BCUT2D eigenvalue weighted by Gasteiger charge is 2.14. The van der Waals surface area contributed by atoms with E-state index in [2.05, 4.69) is 26.0 Å². The predicted octanol–water partition coefficient (Wildman–Crippen LogP) is 10.9. The summed E-state index contributed by atoms with van der Waals surface area (Å²) in [5, 5.41) is 0. The smallest absolute Gasteiger partial charge is 0.322 e. The van der Waals surface area contributed by atoms with Gasteiger partial charge in [-0.05, 0) is 45.4 Å². The minimum absolute atomic E-state index is 0.198. The fraction of sp³-hybridized carbons (Fsp3) is 0.917.